The van der Waals surface area contributed by atoms with E-state index in [0.717, 1.165) is 5.69 Å². The highest BCUT2D eigenvalue weighted by Crippen LogP contribution is 2.40. The number of nitrogens with zero attached hydrogens (tertiary/aromatic N) is 2. The lowest BCUT2D eigenvalue weighted by molar-refractivity contribution is 0.152. The molecule has 3 rings (SSSR count). The van der Waals surface area contributed by atoms with Crippen molar-refractivity contribution < 1.29 is 5.11 Å². The average molecular weight is 200 g/mol. The first-order valence-corrected chi connectivity index (χ1v) is 5.08. The fourth-order valence-corrected chi connectivity index (χ4v) is 2.37. The van der Waals surface area contributed by atoms with Crippen molar-refractivity contribution in [1.29, 1.82) is 0 Å². The van der Waals surface area contributed by atoms with E-state index in [1.54, 1.807) is 6.33 Å². The van der Waals surface area contributed by atoms with E-state index in [0.29, 0.717) is 0 Å². The zero-order valence-electron chi connectivity index (χ0n) is 8.46. The third-order valence-corrected chi connectivity index (χ3v) is 2.98. The molecule has 0 bridgehead atoms. The Hall–Kier alpha value is -1.61. The normalized spacial score (nSPS) is 19.7. The zero-order valence-corrected chi connectivity index (χ0v) is 8.46. The number of fused-ring (bicyclic) bond motifs is 3. The Kier molecular flexibility index (Phi) is 1.70. The van der Waals surface area contributed by atoms with Crippen molar-refractivity contribution in [2.24, 2.45) is 0 Å². The topological polar surface area (TPSA) is 38.1 Å². The standard InChI is InChI=1S/C12H12N2O/c1-8(15)12-10-5-3-2-4-9(10)11-6-13-7-14(11)12/h2-8,12,15H,1H3/t8-,12?/m0/s1. The van der Waals surface area contributed by atoms with E-state index in [2.05, 4.69) is 17.1 Å². The maximum atomic E-state index is 9.82. The maximum absolute atomic E-state index is 9.82. The fraction of sp³-hybridized carbons (Fsp3) is 0.250. The van der Waals surface area contributed by atoms with Gasteiger partial charge in [-0.1, -0.05) is 24.3 Å². The molecule has 0 saturated heterocycles. The molecule has 15 heavy (non-hydrogen) atoms. The summed E-state index contributed by atoms with van der Waals surface area (Å²) in [6, 6.07) is 8.18. The first kappa shape index (κ1) is 8.68. The number of aromatic nitrogens is 2. The first-order valence-electron chi connectivity index (χ1n) is 5.08. The predicted octanol–water partition coefficient (Wildman–Crippen LogP) is 1.83. The summed E-state index contributed by atoms with van der Waals surface area (Å²) in [5, 5.41) is 9.82. The molecule has 0 saturated carbocycles. The van der Waals surface area contributed by atoms with Gasteiger partial charge in [-0.25, -0.2) is 4.98 Å². The lowest BCUT2D eigenvalue weighted by atomic mass is 10.0. The molecule has 1 aromatic heterocycles. The van der Waals surface area contributed by atoms with E-state index >= 15 is 0 Å². The Morgan fingerprint density at radius 3 is 3.00 bits per heavy atom. The Bertz CT molecular complexity index is 502. The van der Waals surface area contributed by atoms with Gasteiger partial charge in [-0.05, 0) is 12.5 Å². The molecule has 76 valence electrons. The number of imidazole rings is 1. The van der Waals surface area contributed by atoms with Crippen molar-refractivity contribution in [3.8, 4) is 11.3 Å². The lowest BCUT2D eigenvalue weighted by Gasteiger charge is -2.17. The number of rotatable bonds is 1. The maximum Gasteiger partial charge on any atom is 0.0957 e. The SMILES string of the molecule is C[C@H](O)C1c2ccccc2-c2cncn21. The van der Waals surface area contributed by atoms with Crippen LogP contribution < -0.4 is 0 Å². The van der Waals surface area contributed by atoms with Crippen LogP contribution in [0.3, 0.4) is 0 Å². The summed E-state index contributed by atoms with van der Waals surface area (Å²) < 4.78 is 2.04. The molecule has 1 aliphatic heterocycles. The molecule has 0 fully saturated rings. The number of hydrogen-bond donors (Lipinski definition) is 1. The fourth-order valence-electron chi connectivity index (χ4n) is 2.37. The van der Waals surface area contributed by atoms with Gasteiger partial charge >= 0.3 is 0 Å². The molecular weight excluding hydrogens is 188 g/mol. The smallest absolute Gasteiger partial charge is 0.0957 e. The molecular formula is C12H12N2O. The zero-order chi connectivity index (χ0) is 10.4. The molecule has 3 heteroatoms. The van der Waals surface area contributed by atoms with Crippen molar-refractivity contribution in [2.75, 3.05) is 0 Å². The summed E-state index contributed by atoms with van der Waals surface area (Å²) in [5.74, 6) is 0. The van der Waals surface area contributed by atoms with Gasteiger partial charge in [0.15, 0.2) is 0 Å². The number of aliphatic hydroxyl groups is 1. The predicted molar refractivity (Wildman–Crippen MR) is 57.5 cm³/mol. The van der Waals surface area contributed by atoms with E-state index in [1.165, 1.54) is 11.1 Å². The number of hydrogen-bond acceptors (Lipinski definition) is 2. The summed E-state index contributed by atoms with van der Waals surface area (Å²) in [7, 11) is 0. The minimum atomic E-state index is -0.401. The minimum absolute atomic E-state index is 0.0127. The quantitative estimate of drug-likeness (QED) is 0.762. The van der Waals surface area contributed by atoms with Crippen molar-refractivity contribution in [3.63, 3.8) is 0 Å². The first-order chi connectivity index (χ1) is 7.29. The van der Waals surface area contributed by atoms with Crippen LogP contribution in [0, 0.1) is 0 Å². The molecule has 1 aliphatic rings. The molecule has 2 atom stereocenters. The van der Waals surface area contributed by atoms with Gasteiger partial charge in [0.05, 0.1) is 30.4 Å². The van der Waals surface area contributed by atoms with E-state index in [1.807, 2.05) is 29.8 Å². The molecule has 3 nitrogen and oxygen atoms in total. The van der Waals surface area contributed by atoms with Gasteiger partial charge in [0, 0.05) is 5.56 Å². The van der Waals surface area contributed by atoms with E-state index in [-0.39, 0.29) is 6.04 Å². The van der Waals surface area contributed by atoms with Gasteiger partial charge < -0.3 is 9.67 Å². The molecule has 2 heterocycles. The summed E-state index contributed by atoms with van der Waals surface area (Å²) >= 11 is 0. The average Bonchev–Trinajstić information content (AvgIpc) is 2.75. The van der Waals surface area contributed by atoms with E-state index in [4.69, 9.17) is 0 Å². The van der Waals surface area contributed by atoms with Crippen LogP contribution in [0.15, 0.2) is 36.8 Å². The Morgan fingerprint density at radius 1 is 1.40 bits per heavy atom. The lowest BCUT2D eigenvalue weighted by Crippen LogP contribution is -2.18. The van der Waals surface area contributed by atoms with Crippen LogP contribution in [0.4, 0.5) is 0 Å². The van der Waals surface area contributed by atoms with E-state index < -0.39 is 6.10 Å². The molecule has 1 unspecified atom stereocenters. The van der Waals surface area contributed by atoms with Gasteiger partial charge in [0.1, 0.15) is 0 Å². The van der Waals surface area contributed by atoms with Crippen molar-refractivity contribution in [2.45, 2.75) is 19.1 Å². The summed E-state index contributed by atoms with van der Waals surface area (Å²) in [4.78, 5) is 4.13. The van der Waals surface area contributed by atoms with Crippen molar-refractivity contribution in [1.82, 2.24) is 9.55 Å². The summed E-state index contributed by atoms with van der Waals surface area (Å²) in [6.45, 7) is 1.82. The van der Waals surface area contributed by atoms with Crippen LogP contribution in [0.5, 0.6) is 0 Å². The van der Waals surface area contributed by atoms with Gasteiger partial charge in [0.25, 0.3) is 0 Å². The van der Waals surface area contributed by atoms with Crippen LogP contribution in [-0.4, -0.2) is 20.8 Å². The molecule has 0 amide bonds. The Labute approximate surface area is 88.0 Å². The van der Waals surface area contributed by atoms with Gasteiger partial charge in [-0.15, -0.1) is 0 Å². The monoisotopic (exact) mass is 200 g/mol. The van der Waals surface area contributed by atoms with Crippen LogP contribution in [0.2, 0.25) is 0 Å². The third kappa shape index (κ3) is 1.07. The largest absolute Gasteiger partial charge is 0.391 e. The minimum Gasteiger partial charge on any atom is -0.391 e. The molecule has 2 aromatic rings. The molecule has 1 N–H and O–H groups in total. The van der Waals surface area contributed by atoms with Crippen LogP contribution in [0.1, 0.15) is 18.5 Å². The molecule has 1 aromatic carbocycles. The summed E-state index contributed by atoms with van der Waals surface area (Å²) in [6.07, 6.45) is 3.23. The van der Waals surface area contributed by atoms with E-state index in [9.17, 15) is 5.11 Å². The van der Waals surface area contributed by atoms with Crippen molar-refractivity contribution in [3.05, 3.63) is 42.4 Å². The Morgan fingerprint density at radius 2 is 2.20 bits per heavy atom. The van der Waals surface area contributed by atoms with Gasteiger partial charge in [-0.3, -0.25) is 0 Å². The summed E-state index contributed by atoms with van der Waals surface area (Å²) in [5.41, 5.74) is 3.46. The highest BCUT2D eigenvalue weighted by atomic mass is 16.3. The van der Waals surface area contributed by atoms with Gasteiger partial charge in [-0.2, -0.15) is 0 Å². The second kappa shape index (κ2) is 2.94. The number of aliphatic hydroxyl groups excluding tert-OH is 1. The van der Waals surface area contributed by atoms with Crippen LogP contribution in [0.25, 0.3) is 11.3 Å². The highest BCUT2D eigenvalue weighted by Gasteiger charge is 2.30. The second-order valence-electron chi connectivity index (χ2n) is 3.96. The molecule has 0 spiro atoms. The number of benzene rings is 1. The third-order valence-electron chi connectivity index (χ3n) is 2.98. The Balaban J connectivity index is 2.28. The molecule has 0 aliphatic carbocycles. The van der Waals surface area contributed by atoms with Crippen LogP contribution >= 0.6 is 0 Å². The van der Waals surface area contributed by atoms with Crippen LogP contribution in [-0.2, 0) is 0 Å². The highest BCUT2D eigenvalue weighted by molar-refractivity contribution is 5.69. The van der Waals surface area contributed by atoms with Crippen molar-refractivity contribution >= 4 is 0 Å². The molecule has 0 radical (unpaired) electrons. The van der Waals surface area contributed by atoms with Gasteiger partial charge in [0.2, 0.25) is 0 Å². The second-order valence-corrected chi connectivity index (χ2v) is 3.96.